The van der Waals surface area contributed by atoms with Gasteiger partial charge in [-0.05, 0) is 132 Å². The Morgan fingerprint density at radius 1 is 1.02 bits per heavy atom. The molecule has 4 fully saturated rings. The number of amides is 2. The lowest BCUT2D eigenvalue weighted by molar-refractivity contribution is -0.00521. The Labute approximate surface area is 248 Å². The third-order valence-electron chi connectivity index (χ3n) is 9.23. The van der Waals surface area contributed by atoms with Gasteiger partial charge in [-0.15, -0.1) is 0 Å². The van der Waals surface area contributed by atoms with Crippen molar-refractivity contribution in [1.29, 1.82) is 0 Å². The number of aromatic nitrogens is 2. The molecular weight excluding hydrogens is 640 g/mol. The second-order valence-corrected chi connectivity index (χ2v) is 13.4. The zero-order valence-electron chi connectivity index (χ0n) is 22.3. The fraction of sp³-hybridized carbons (Fsp3) is 0.400. The summed E-state index contributed by atoms with van der Waals surface area (Å²) >= 11 is 7.09. The third kappa shape index (κ3) is 4.68. The topological polar surface area (TPSA) is 117 Å². The molecule has 4 bridgehead atoms. The van der Waals surface area contributed by atoms with Gasteiger partial charge in [-0.2, -0.15) is 0 Å². The first-order valence-corrected chi connectivity index (χ1v) is 15.1. The average Bonchev–Trinajstić information content (AvgIpc) is 2.89. The predicted octanol–water partition coefficient (Wildman–Crippen LogP) is 6.49. The molecule has 3 N–H and O–H groups in total. The molecule has 2 aromatic carbocycles. The van der Waals surface area contributed by atoms with E-state index >= 15 is 0 Å². The van der Waals surface area contributed by atoms with Gasteiger partial charge in [0.25, 0.3) is 5.56 Å². The van der Waals surface area contributed by atoms with Crippen molar-refractivity contribution in [3.05, 3.63) is 82.4 Å². The lowest BCUT2D eigenvalue weighted by Crippen LogP contribution is -2.48. The number of nitrogens with one attached hydrogen (secondary N) is 2. The number of aromatic amines is 1. The van der Waals surface area contributed by atoms with Crippen molar-refractivity contribution in [1.82, 2.24) is 9.55 Å². The van der Waals surface area contributed by atoms with Crippen molar-refractivity contribution < 1.29 is 9.90 Å². The van der Waals surface area contributed by atoms with E-state index in [4.69, 9.17) is 0 Å². The van der Waals surface area contributed by atoms with Gasteiger partial charge in [0.15, 0.2) is 0 Å². The van der Waals surface area contributed by atoms with E-state index in [0.29, 0.717) is 15.8 Å². The lowest BCUT2D eigenvalue weighted by Gasteiger charge is -2.57. The van der Waals surface area contributed by atoms with E-state index in [0.717, 1.165) is 44.1 Å². The number of halogens is 2. The molecule has 1 heterocycles. The number of carbonyl (C=O) groups is 1. The van der Waals surface area contributed by atoms with Gasteiger partial charge in [-0.3, -0.25) is 9.78 Å². The van der Waals surface area contributed by atoms with Gasteiger partial charge in [0, 0.05) is 14.6 Å². The second kappa shape index (κ2) is 10.1. The van der Waals surface area contributed by atoms with Crippen LogP contribution in [0.25, 0.3) is 5.69 Å². The summed E-state index contributed by atoms with van der Waals surface area (Å²) in [5, 5.41) is 13.7. The van der Waals surface area contributed by atoms with Crippen LogP contribution in [0, 0.1) is 31.6 Å². The van der Waals surface area contributed by atoms with Gasteiger partial charge in [0.1, 0.15) is 5.56 Å². The molecule has 10 heteroatoms. The minimum absolute atomic E-state index is 0.171. The number of anilines is 1. The van der Waals surface area contributed by atoms with Crippen LogP contribution in [0.15, 0.2) is 53.9 Å². The highest BCUT2D eigenvalue weighted by molar-refractivity contribution is 9.10. The van der Waals surface area contributed by atoms with E-state index in [2.05, 4.69) is 53.2 Å². The number of hydrogen-bond donors (Lipinski definition) is 3. The van der Waals surface area contributed by atoms with Crippen LogP contribution >= 0.6 is 31.9 Å². The minimum Gasteiger partial charge on any atom is -0.493 e. The quantitative estimate of drug-likeness (QED) is 0.275. The van der Waals surface area contributed by atoms with E-state index in [9.17, 15) is 19.5 Å². The maximum Gasteiger partial charge on any atom is 0.345 e. The molecular formula is C30H30Br2N4O4. The van der Waals surface area contributed by atoms with Gasteiger partial charge in [-0.25, -0.2) is 19.1 Å². The molecule has 4 aliphatic carbocycles. The first-order valence-electron chi connectivity index (χ1n) is 13.5. The van der Waals surface area contributed by atoms with Gasteiger partial charge in [0.2, 0.25) is 5.88 Å². The van der Waals surface area contributed by atoms with Crippen LogP contribution in [-0.4, -0.2) is 26.9 Å². The molecule has 208 valence electrons. The number of aliphatic imine (C=N–C) groups is 1. The summed E-state index contributed by atoms with van der Waals surface area (Å²) in [5.74, 6) is 1.80. The zero-order valence-corrected chi connectivity index (χ0v) is 25.4. The fourth-order valence-electron chi connectivity index (χ4n) is 7.55. The minimum atomic E-state index is -0.840. The number of urea groups is 1. The predicted molar refractivity (Wildman–Crippen MR) is 162 cm³/mol. The van der Waals surface area contributed by atoms with E-state index in [1.165, 1.54) is 44.1 Å². The molecule has 0 radical (unpaired) electrons. The highest BCUT2D eigenvalue weighted by atomic mass is 79.9. The van der Waals surface area contributed by atoms with Crippen molar-refractivity contribution in [3.8, 4) is 11.6 Å². The maximum absolute atomic E-state index is 12.8. The number of nitrogens with zero attached hydrogens (tertiary/aromatic N) is 2. The summed E-state index contributed by atoms with van der Waals surface area (Å²) in [5.41, 5.74) is 2.33. The molecule has 40 heavy (non-hydrogen) atoms. The van der Waals surface area contributed by atoms with Crippen LogP contribution in [0.2, 0.25) is 0 Å². The average molecular weight is 670 g/mol. The summed E-state index contributed by atoms with van der Waals surface area (Å²) in [7, 11) is 0. The van der Waals surface area contributed by atoms with Crippen LogP contribution in [-0.2, 0) is 5.41 Å². The number of H-pyrrole nitrogens is 1. The van der Waals surface area contributed by atoms with Crippen molar-refractivity contribution in [2.75, 3.05) is 5.32 Å². The molecule has 3 aromatic rings. The smallest absolute Gasteiger partial charge is 0.345 e. The van der Waals surface area contributed by atoms with Crippen molar-refractivity contribution in [2.45, 2.75) is 57.8 Å². The van der Waals surface area contributed by atoms with Gasteiger partial charge in [0.05, 0.1) is 11.9 Å². The highest BCUT2D eigenvalue weighted by Gasteiger charge is 2.51. The van der Waals surface area contributed by atoms with E-state index < -0.39 is 23.2 Å². The first kappa shape index (κ1) is 27.2. The van der Waals surface area contributed by atoms with Gasteiger partial charge >= 0.3 is 11.7 Å². The SMILES string of the molecule is Cc1c(Br)ccc(NC(=O)N=Cc2c(O)n(-c3ccc(C45CC6CC(CC(C6)C4)C5)cc3Br)c(=O)[nH]c2=O)c1C. The van der Waals surface area contributed by atoms with Crippen LogP contribution < -0.4 is 16.6 Å². The number of hydrogen-bond acceptors (Lipinski definition) is 4. The lowest BCUT2D eigenvalue weighted by atomic mass is 9.48. The maximum atomic E-state index is 12.8. The van der Waals surface area contributed by atoms with E-state index in [1.807, 2.05) is 32.0 Å². The van der Waals surface area contributed by atoms with Crippen molar-refractivity contribution in [3.63, 3.8) is 0 Å². The summed E-state index contributed by atoms with van der Waals surface area (Å²) in [4.78, 5) is 44.0. The standard InChI is InChI=1S/C30H30Br2N4O4/c1-15-16(2)24(5-4-22(15)31)34-28(39)33-14-21-26(37)35-29(40)36(27(21)38)25-6-3-20(10-23(25)32)30-11-17-7-18(12-30)9-19(8-17)13-30/h3-6,10,14,17-19,38H,7-9,11-13H2,1-2H3,(H,34,39)(H,35,37,40). The summed E-state index contributed by atoms with van der Waals surface area (Å²) in [6, 6.07) is 8.76. The molecule has 0 saturated heterocycles. The van der Waals surface area contributed by atoms with Crippen molar-refractivity contribution >= 4 is 49.8 Å². The molecule has 4 aliphatic rings. The van der Waals surface area contributed by atoms with Crippen LogP contribution in [0.4, 0.5) is 10.5 Å². The number of aromatic hydroxyl groups is 1. The molecule has 7 rings (SSSR count). The third-order valence-corrected chi connectivity index (χ3v) is 10.7. The molecule has 0 aliphatic heterocycles. The Morgan fingerprint density at radius 2 is 1.68 bits per heavy atom. The van der Waals surface area contributed by atoms with Crippen LogP contribution in [0.1, 0.15) is 60.8 Å². The molecule has 8 nitrogen and oxygen atoms in total. The van der Waals surface area contributed by atoms with E-state index in [1.54, 1.807) is 6.07 Å². The first-order chi connectivity index (χ1) is 19.0. The Morgan fingerprint density at radius 3 is 2.30 bits per heavy atom. The Hall–Kier alpha value is -2.98. The van der Waals surface area contributed by atoms with Gasteiger partial charge in [-0.1, -0.05) is 22.0 Å². The fourth-order valence-corrected chi connectivity index (χ4v) is 8.54. The van der Waals surface area contributed by atoms with E-state index in [-0.39, 0.29) is 11.0 Å². The molecule has 0 spiro atoms. The molecule has 1 aromatic heterocycles. The Kier molecular flexibility index (Phi) is 6.89. The Balaban J connectivity index is 1.30. The Bertz CT molecular complexity index is 1650. The van der Waals surface area contributed by atoms with Crippen molar-refractivity contribution in [2.24, 2.45) is 22.7 Å². The second-order valence-electron chi connectivity index (χ2n) is 11.7. The largest absolute Gasteiger partial charge is 0.493 e. The molecule has 4 saturated carbocycles. The normalized spacial score (nSPS) is 25.1. The van der Waals surface area contributed by atoms with Crippen LogP contribution in [0.3, 0.4) is 0 Å². The molecule has 0 atom stereocenters. The summed E-state index contributed by atoms with van der Waals surface area (Å²) in [6.07, 6.45) is 8.64. The zero-order chi connectivity index (χ0) is 28.3. The number of carbonyl (C=O) groups excluding carboxylic acids is 1. The monoisotopic (exact) mass is 668 g/mol. The summed E-state index contributed by atoms with van der Waals surface area (Å²) < 4.78 is 2.59. The van der Waals surface area contributed by atoms with Gasteiger partial charge < -0.3 is 10.4 Å². The number of benzene rings is 2. The highest BCUT2D eigenvalue weighted by Crippen LogP contribution is 2.61. The number of rotatable bonds is 4. The van der Waals surface area contributed by atoms with Crippen LogP contribution in [0.5, 0.6) is 5.88 Å². The molecule has 2 amide bonds. The molecule has 0 unspecified atom stereocenters. The summed E-state index contributed by atoms with van der Waals surface area (Å²) in [6.45, 7) is 3.80.